The molecule has 4 heterocycles. The standard InChI is InChI=1S/C33H32N4O2S2/c1-22-8-11-26(12-9-22)21-37-32(39)28(41-33(37)40)19-27-30(34-29-13-10-23(2)20-36(29)31(27)38)35-16-14-25(15-17-35)18-24-6-4-3-5-7-24/h3-13,19-20,25H,14-18,21H2,1-2H3/b28-19+. The van der Waals surface area contributed by atoms with E-state index in [1.165, 1.54) is 17.3 Å². The zero-order valence-corrected chi connectivity index (χ0v) is 24.9. The molecule has 0 spiro atoms. The van der Waals surface area contributed by atoms with Crippen molar-refractivity contribution in [2.45, 2.75) is 39.7 Å². The van der Waals surface area contributed by atoms with E-state index in [-0.39, 0.29) is 11.5 Å². The van der Waals surface area contributed by atoms with E-state index >= 15 is 0 Å². The molecule has 6 rings (SSSR count). The van der Waals surface area contributed by atoms with E-state index in [9.17, 15) is 9.59 Å². The summed E-state index contributed by atoms with van der Waals surface area (Å²) in [6.07, 6.45) is 6.60. The summed E-state index contributed by atoms with van der Waals surface area (Å²) in [6, 6.07) is 22.5. The minimum absolute atomic E-state index is 0.177. The van der Waals surface area contributed by atoms with E-state index in [2.05, 4.69) is 35.2 Å². The smallest absolute Gasteiger partial charge is 0.267 e. The van der Waals surface area contributed by atoms with E-state index in [1.54, 1.807) is 21.6 Å². The van der Waals surface area contributed by atoms with Gasteiger partial charge in [-0.25, -0.2) is 4.98 Å². The zero-order chi connectivity index (χ0) is 28.5. The molecule has 0 aliphatic carbocycles. The maximum Gasteiger partial charge on any atom is 0.267 e. The fourth-order valence-corrected chi connectivity index (χ4v) is 6.79. The van der Waals surface area contributed by atoms with Gasteiger partial charge in [0.05, 0.1) is 17.0 Å². The molecular weight excluding hydrogens is 549 g/mol. The number of amides is 1. The molecule has 1 amide bonds. The summed E-state index contributed by atoms with van der Waals surface area (Å²) in [4.78, 5) is 36.7. The molecule has 6 nitrogen and oxygen atoms in total. The third-order valence-corrected chi connectivity index (χ3v) is 9.25. The van der Waals surface area contributed by atoms with E-state index in [0.29, 0.717) is 38.7 Å². The van der Waals surface area contributed by atoms with Crippen molar-refractivity contribution in [2.24, 2.45) is 5.92 Å². The van der Waals surface area contributed by atoms with Gasteiger partial charge in [-0.2, -0.15) is 0 Å². The van der Waals surface area contributed by atoms with Gasteiger partial charge in [0.2, 0.25) is 0 Å². The summed E-state index contributed by atoms with van der Waals surface area (Å²) in [5.41, 5.74) is 5.36. The normalized spacial score (nSPS) is 17.3. The number of pyridine rings is 1. The number of hydrogen-bond donors (Lipinski definition) is 0. The first-order valence-corrected chi connectivity index (χ1v) is 15.2. The lowest BCUT2D eigenvalue weighted by molar-refractivity contribution is -0.122. The van der Waals surface area contributed by atoms with E-state index < -0.39 is 0 Å². The Kier molecular flexibility index (Phi) is 7.77. The quantitative estimate of drug-likeness (QED) is 0.201. The zero-order valence-electron chi connectivity index (χ0n) is 23.2. The number of carbonyl (C=O) groups excluding carboxylic acids is 1. The third-order valence-electron chi connectivity index (χ3n) is 7.88. The molecular formula is C33H32N4O2S2. The van der Waals surface area contributed by atoms with Crippen LogP contribution >= 0.6 is 24.0 Å². The van der Waals surface area contributed by atoms with Crippen LogP contribution in [0.4, 0.5) is 5.82 Å². The van der Waals surface area contributed by atoms with E-state index in [1.807, 2.05) is 50.2 Å². The molecule has 0 radical (unpaired) electrons. The molecule has 0 atom stereocenters. The highest BCUT2D eigenvalue weighted by Crippen LogP contribution is 2.35. The summed E-state index contributed by atoms with van der Waals surface area (Å²) in [7, 11) is 0. The van der Waals surface area contributed by atoms with Crippen LogP contribution in [-0.4, -0.2) is 37.6 Å². The second-order valence-electron chi connectivity index (χ2n) is 11.0. The molecule has 2 aliphatic rings. The van der Waals surface area contributed by atoms with Crippen molar-refractivity contribution in [3.63, 3.8) is 0 Å². The average Bonchev–Trinajstić information content (AvgIpc) is 3.24. The molecule has 2 aromatic heterocycles. The summed E-state index contributed by atoms with van der Waals surface area (Å²) in [5.74, 6) is 1.04. The minimum atomic E-state index is -0.179. The molecule has 2 saturated heterocycles. The van der Waals surface area contributed by atoms with Crippen LogP contribution in [0.3, 0.4) is 0 Å². The number of aromatic nitrogens is 2. The number of anilines is 1. The van der Waals surface area contributed by atoms with Crippen LogP contribution in [0.5, 0.6) is 0 Å². The number of thioether (sulfide) groups is 1. The molecule has 4 aromatic rings. The average molecular weight is 581 g/mol. The van der Waals surface area contributed by atoms with Crippen molar-refractivity contribution in [3.8, 4) is 0 Å². The summed E-state index contributed by atoms with van der Waals surface area (Å²) in [6.45, 7) is 6.00. The number of nitrogens with zero attached hydrogens (tertiary/aromatic N) is 4. The molecule has 2 aromatic carbocycles. The predicted octanol–water partition coefficient (Wildman–Crippen LogP) is 6.17. The first-order valence-electron chi connectivity index (χ1n) is 14.0. The number of thiocarbonyl (C=S) groups is 1. The monoisotopic (exact) mass is 580 g/mol. The SMILES string of the molecule is Cc1ccc(CN2C(=O)/C(=C\c3c(N4CCC(Cc5ccccc5)CC4)nc4ccc(C)cn4c3=O)SC2=S)cc1. The van der Waals surface area contributed by atoms with E-state index in [4.69, 9.17) is 17.2 Å². The first kappa shape index (κ1) is 27.4. The predicted molar refractivity (Wildman–Crippen MR) is 171 cm³/mol. The Bertz CT molecular complexity index is 1710. The number of piperidine rings is 1. The van der Waals surface area contributed by atoms with E-state index in [0.717, 1.165) is 49.0 Å². The second kappa shape index (κ2) is 11.6. The molecule has 0 unspecified atom stereocenters. The molecule has 2 aliphatic heterocycles. The topological polar surface area (TPSA) is 57.9 Å². The van der Waals surface area contributed by atoms with Gasteiger partial charge in [0.25, 0.3) is 11.5 Å². The van der Waals surface area contributed by atoms with Crippen LogP contribution in [0.25, 0.3) is 11.7 Å². The molecule has 0 saturated carbocycles. The van der Waals surface area contributed by atoms with Crippen molar-refractivity contribution in [1.82, 2.24) is 14.3 Å². The van der Waals surface area contributed by atoms with Crippen molar-refractivity contribution in [2.75, 3.05) is 18.0 Å². The Morgan fingerprint density at radius 3 is 2.37 bits per heavy atom. The van der Waals surface area contributed by atoms with Crippen molar-refractivity contribution in [3.05, 3.63) is 116 Å². The Morgan fingerprint density at radius 2 is 1.63 bits per heavy atom. The fourth-order valence-electron chi connectivity index (χ4n) is 5.55. The van der Waals surface area contributed by atoms with Gasteiger partial charge in [0.15, 0.2) is 0 Å². The Morgan fingerprint density at radius 1 is 0.927 bits per heavy atom. The van der Waals surface area contributed by atoms with Gasteiger partial charge in [0, 0.05) is 19.3 Å². The number of hydrogen-bond acceptors (Lipinski definition) is 6. The maximum atomic E-state index is 13.9. The number of carbonyl (C=O) groups is 1. The molecule has 41 heavy (non-hydrogen) atoms. The highest BCUT2D eigenvalue weighted by atomic mass is 32.2. The number of benzene rings is 2. The van der Waals surface area contributed by atoms with Crippen molar-refractivity contribution >= 4 is 51.7 Å². The van der Waals surface area contributed by atoms with Crippen LogP contribution in [-0.2, 0) is 17.8 Å². The van der Waals surface area contributed by atoms with Gasteiger partial charge in [-0.1, -0.05) is 90.2 Å². The Balaban J connectivity index is 1.31. The van der Waals surface area contributed by atoms with Gasteiger partial charge in [-0.3, -0.25) is 18.9 Å². The highest BCUT2D eigenvalue weighted by Gasteiger charge is 2.33. The van der Waals surface area contributed by atoms with Crippen molar-refractivity contribution in [1.29, 1.82) is 0 Å². The van der Waals surface area contributed by atoms with Gasteiger partial charge < -0.3 is 4.90 Å². The summed E-state index contributed by atoms with van der Waals surface area (Å²) < 4.78 is 2.08. The van der Waals surface area contributed by atoms with Crippen LogP contribution < -0.4 is 10.5 Å². The van der Waals surface area contributed by atoms with Crippen LogP contribution in [0.1, 0.15) is 40.7 Å². The maximum absolute atomic E-state index is 13.9. The summed E-state index contributed by atoms with van der Waals surface area (Å²) >= 11 is 6.85. The van der Waals surface area contributed by atoms with Gasteiger partial charge in [0.1, 0.15) is 15.8 Å². The largest absolute Gasteiger partial charge is 0.356 e. The lowest BCUT2D eigenvalue weighted by Crippen LogP contribution is -2.37. The number of aryl methyl sites for hydroxylation is 2. The lowest BCUT2D eigenvalue weighted by Gasteiger charge is -2.33. The van der Waals surface area contributed by atoms with Crippen LogP contribution in [0.15, 0.2) is 82.6 Å². The second-order valence-corrected chi connectivity index (χ2v) is 12.6. The summed E-state index contributed by atoms with van der Waals surface area (Å²) in [5, 5.41) is 0. The molecule has 0 bridgehead atoms. The molecule has 8 heteroatoms. The van der Waals surface area contributed by atoms with Crippen LogP contribution in [0.2, 0.25) is 0 Å². The number of fused-ring (bicyclic) bond motifs is 1. The minimum Gasteiger partial charge on any atom is -0.356 e. The fraction of sp³-hybridized carbons (Fsp3) is 0.273. The highest BCUT2D eigenvalue weighted by molar-refractivity contribution is 8.26. The van der Waals surface area contributed by atoms with Crippen molar-refractivity contribution < 1.29 is 4.79 Å². The molecule has 2 fully saturated rings. The first-order chi connectivity index (χ1) is 19.9. The number of rotatable bonds is 6. The molecule has 208 valence electrons. The van der Waals surface area contributed by atoms with Gasteiger partial charge in [-0.05, 0) is 67.9 Å². The molecule has 0 N–H and O–H groups in total. The third kappa shape index (κ3) is 5.85. The Labute approximate surface area is 249 Å². The lowest BCUT2D eigenvalue weighted by atomic mass is 9.90. The Hall–Kier alpha value is -3.75. The van der Waals surface area contributed by atoms with Crippen LogP contribution in [0, 0.1) is 19.8 Å². The van der Waals surface area contributed by atoms with Gasteiger partial charge in [-0.15, -0.1) is 0 Å². The van der Waals surface area contributed by atoms with Gasteiger partial charge >= 0.3 is 0 Å².